The number of rotatable bonds is 4. The Bertz CT molecular complexity index is 1030. The molecule has 5 nitrogen and oxygen atoms in total. The summed E-state index contributed by atoms with van der Waals surface area (Å²) < 4.78 is 13.2. The Labute approximate surface area is 186 Å². The Kier molecular flexibility index (Phi) is 9.21. The van der Waals surface area contributed by atoms with Crippen molar-refractivity contribution >= 4 is 34.8 Å². The van der Waals surface area contributed by atoms with Crippen molar-refractivity contribution in [1.82, 2.24) is 10.3 Å². The first-order valence-corrected chi connectivity index (χ1v) is 10.6. The van der Waals surface area contributed by atoms with Gasteiger partial charge < -0.3 is 15.4 Å². The Balaban J connectivity index is 0.000000189. The molecule has 0 fully saturated rings. The van der Waals surface area contributed by atoms with E-state index in [2.05, 4.69) is 48.5 Å². The summed E-state index contributed by atoms with van der Waals surface area (Å²) in [6, 6.07) is 13.9. The van der Waals surface area contributed by atoms with Crippen LogP contribution in [0.15, 0.2) is 42.5 Å². The largest absolute Gasteiger partial charge is 0.481 e. The third kappa shape index (κ3) is 6.64. The lowest BCUT2D eigenvalue weighted by molar-refractivity contribution is -0.134. The average Bonchev–Trinajstić information content (AvgIpc) is 3.30. The topological polar surface area (TPSA) is 82.2 Å². The molecule has 7 heteroatoms. The zero-order valence-corrected chi connectivity index (χ0v) is 18.7. The number of carboxylic acids is 1. The SMILES string of the molecule is CC(=O)O.CCC[C@@H]1c2ccccc2CC1NC.O=Cc1cc2cc(Cl)cc(F)c2[nH]1. The average molecular weight is 447 g/mol. The fourth-order valence-corrected chi connectivity index (χ4v) is 4.11. The van der Waals surface area contributed by atoms with Crippen LogP contribution in [0.3, 0.4) is 0 Å². The second kappa shape index (κ2) is 11.6. The van der Waals surface area contributed by atoms with Crippen LogP contribution in [-0.4, -0.2) is 35.4 Å². The van der Waals surface area contributed by atoms with Crippen LogP contribution in [0.25, 0.3) is 10.9 Å². The number of benzene rings is 2. The molecule has 2 atom stereocenters. The molecule has 0 saturated heterocycles. The molecule has 1 aliphatic rings. The van der Waals surface area contributed by atoms with Gasteiger partial charge >= 0.3 is 0 Å². The van der Waals surface area contributed by atoms with Gasteiger partial charge in [-0.25, -0.2) is 4.39 Å². The van der Waals surface area contributed by atoms with Crippen molar-refractivity contribution in [2.45, 2.75) is 45.1 Å². The van der Waals surface area contributed by atoms with Gasteiger partial charge in [0.25, 0.3) is 5.97 Å². The van der Waals surface area contributed by atoms with Gasteiger partial charge in [0.2, 0.25) is 0 Å². The molecule has 1 aliphatic carbocycles. The summed E-state index contributed by atoms with van der Waals surface area (Å²) >= 11 is 5.63. The van der Waals surface area contributed by atoms with Crippen molar-refractivity contribution < 1.29 is 19.1 Å². The minimum absolute atomic E-state index is 0.312. The second-order valence-corrected chi connectivity index (χ2v) is 7.84. The molecular formula is C24H28ClFN2O3. The number of aromatic amines is 1. The molecule has 0 amide bonds. The lowest BCUT2D eigenvalue weighted by Gasteiger charge is -2.18. The highest BCUT2D eigenvalue weighted by Gasteiger charge is 2.29. The third-order valence-electron chi connectivity index (χ3n) is 5.14. The van der Waals surface area contributed by atoms with E-state index >= 15 is 0 Å². The number of aromatic nitrogens is 1. The summed E-state index contributed by atoms with van der Waals surface area (Å²) in [6.45, 7) is 3.35. The Morgan fingerprint density at radius 3 is 2.61 bits per heavy atom. The van der Waals surface area contributed by atoms with Crippen LogP contribution in [0, 0.1) is 5.82 Å². The fraction of sp³-hybridized carbons (Fsp3) is 0.333. The quantitative estimate of drug-likeness (QED) is 0.457. The number of aldehydes is 1. The van der Waals surface area contributed by atoms with E-state index in [4.69, 9.17) is 21.5 Å². The summed E-state index contributed by atoms with van der Waals surface area (Å²) in [4.78, 5) is 22.0. The molecule has 2 aromatic carbocycles. The molecule has 0 radical (unpaired) electrons. The van der Waals surface area contributed by atoms with E-state index in [0.717, 1.165) is 12.8 Å². The maximum absolute atomic E-state index is 13.2. The molecule has 0 spiro atoms. The molecule has 1 unspecified atom stereocenters. The molecule has 0 bridgehead atoms. The van der Waals surface area contributed by atoms with Crippen LogP contribution in [0.4, 0.5) is 4.39 Å². The number of likely N-dealkylation sites (N-methyl/N-ethyl adjacent to an activating group) is 1. The summed E-state index contributed by atoms with van der Waals surface area (Å²) in [5.74, 6) is -0.545. The molecule has 3 aromatic rings. The van der Waals surface area contributed by atoms with Crippen molar-refractivity contribution in [2.75, 3.05) is 7.05 Å². The predicted octanol–water partition coefficient (Wildman–Crippen LogP) is 5.58. The van der Waals surface area contributed by atoms with Crippen LogP contribution in [0.1, 0.15) is 54.2 Å². The minimum atomic E-state index is -0.833. The van der Waals surface area contributed by atoms with Gasteiger partial charge in [-0.15, -0.1) is 0 Å². The summed E-state index contributed by atoms with van der Waals surface area (Å²) in [6.07, 6.45) is 4.42. The van der Waals surface area contributed by atoms with Gasteiger partial charge in [-0.3, -0.25) is 9.59 Å². The van der Waals surface area contributed by atoms with Gasteiger partial charge in [-0.1, -0.05) is 49.2 Å². The number of aliphatic carboxylic acids is 1. The number of hydrogen-bond donors (Lipinski definition) is 3. The number of halogens is 2. The van der Waals surface area contributed by atoms with Gasteiger partial charge in [0.1, 0.15) is 5.82 Å². The Hall–Kier alpha value is -2.70. The van der Waals surface area contributed by atoms with Crippen molar-refractivity contribution in [1.29, 1.82) is 0 Å². The van der Waals surface area contributed by atoms with Gasteiger partial charge in [0.15, 0.2) is 6.29 Å². The number of carbonyl (C=O) groups excluding carboxylic acids is 1. The summed E-state index contributed by atoms with van der Waals surface area (Å²) in [7, 11) is 2.08. The normalized spacial score (nSPS) is 16.5. The lowest BCUT2D eigenvalue weighted by Crippen LogP contribution is -2.29. The third-order valence-corrected chi connectivity index (χ3v) is 5.36. The second-order valence-electron chi connectivity index (χ2n) is 7.41. The molecule has 166 valence electrons. The van der Waals surface area contributed by atoms with Crippen LogP contribution in [0.2, 0.25) is 5.02 Å². The van der Waals surface area contributed by atoms with Crippen molar-refractivity contribution in [2.24, 2.45) is 0 Å². The molecule has 0 saturated carbocycles. The van der Waals surface area contributed by atoms with E-state index in [1.165, 1.54) is 25.3 Å². The molecule has 1 aromatic heterocycles. The summed E-state index contributed by atoms with van der Waals surface area (Å²) in [5, 5.41) is 11.8. The number of carboxylic acid groups (broad SMARTS) is 1. The Morgan fingerprint density at radius 2 is 2.00 bits per heavy atom. The monoisotopic (exact) mass is 446 g/mol. The predicted molar refractivity (Wildman–Crippen MR) is 123 cm³/mol. The first-order chi connectivity index (χ1) is 14.8. The number of H-pyrrole nitrogens is 1. The molecule has 3 N–H and O–H groups in total. The van der Waals surface area contributed by atoms with E-state index in [9.17, 15) is 9.18 Å². The zero-order chi connectivity index (χ0) is 23.0. The van der Waals surface area contributed by atoms with Crippen molar-refractivity contribution in [3.05, 3.63) is 70.1 Å². The smallest absolute Gasteiger partial charge is 0.300 e. The van der Waals surface area contributed by atoms with Crippen molar-refractivity contribution in [3.63, 3.8) is 0 Å². The van der Waals surface area contributed by atoms with E-state index in [0.29, 0.717) is 33.9 Å². The van der Waals surface area contributed by atoms with Crippen LogP contribution in [0.5, 0.6) is 0 Å². The van der Waals surface area contributed by atoms with Gasteiger partial charge in [-0.05, 0) is 55.1 Å². The minimum Gasteiger partial charge on any atom is -0.481 e. The van der Waals surface area contributed by atoms with Crippen LogP contribution < -0.4 is 5.32 Å². The van der Waals surface area contributed by atoms with Crippen molar-refractivity contribution in [3.8, 4) is 0 Å². The van der Waals surface area contributed by atoms with Gasteiger partial charge in [0.05, 0.1) is 11.2 Å². The van der Waals surface area contributed by atoms with Gasteiger partial charge in [-0.2, -0.15) is 0 Å². The zero-order valence-electron chi connectivity index (χ0n) is 17.9. The van der Waals surface area contributed by atoms with E-state index < -0.39 is 11.8 Å². The first kappa shape index (κ1) is 24.6. The van der Waals surface area contributed by atoms with Crippen LogP contribution in [-0.2, 0) is 11.2 Å². The maximum Gasteiger partial charge on any atom is 0.300 e. The number of nitrogens with one attached hydrogen (secondary N) is 2. The highest BCUT2D eigenvalue weighted by Crippen LogP contribution is 2.36. The highest BCUT2D eigenvalue weighted by atomic mass is 35.5. The highest BCUT2D eigenvalue weighted by molar-refractivity contribution is 6.31. The maximum atomic E-state index is 13.2. The first-order valence-electron chi connectivity index (χ1n) is 10.2. The lowest BCUT2D eigenvalue weighted by atomic mass is 9.94. The van der Waals surface area contributed by atoms with Gasteiger partial charge in [0, 0.05) is 23.4 Å². The molecule has 4 rings (SSSR count). The molecule has 31 heavy (non-hydrogen) atoms. The fourth-order valence-electron chi connectivity index (χ4n) is 3.90. The molecule has 0 aliphatic heterocycles. The molecule has 1 heterocycles. The number of fused-ring (bicyclic) bond motifs is 2. The van der Waals surface area contributed by atoms with E-state index in [1.807, 2.05) is 0 Å². The standard InChI is InChI=1S/C13H19N.C9H5ClFNO.C2H4O2/c1-3-6-12-11-8-5-4-7-10(11)9-13(12)14-2;10-6-1-5-2-7(4-13)12-9(5)8(11)3-6;1-2(3)4/h4-5,7-8,12-14H,3,6,9H2,1-2H3;1-4,12H;1H3,(H,3,4)/t12-,13?;;/m1../s1. The van der Waals surface area contributed by atoms with E-state index in [-0.39, 0.29) is 0 Å². The Morgan fingerprint density at radius 1 is 1.32 bits per heavy atom. The van der Waals surface area contributed by atoms with E-state index in [1.54, 1.807) is 23.3 Å². The molecular weight excluding hydrogens is 419 g/mol. The number of hydrogen-bond acceptors (Lipinski definition) is 3. The summed E-state index contributed by atoms with van der Waals surface area (Å²) in [5.41, 5.74) is 3.78. The number of carbonyl (C=O) groups is 2. The van der Waals surface area contributed by atoms with Crippen LogP contribution >= 0.6 is 11.6 Å².